The molecule has 0 aromatic carbocycles. The molecule has 4 saturated heterocycles. The van der Waals surface area contributed by atoms with Crippen LogP contribution < -0.4 is 20.7 Å². The van der Waals surface area contributed by atoms with Crippen LogP contribution in [0.4, 0.5) is 0 Å². The lowest BCUT2D eigenvalue weighted by molar-refractivity contribution is 0.00552. The van der Waals surface area contributed by atoms with Gasteiger partial charge in [-0.3, -0.25) is 30.6 Å². The summed E-state index contributed by atoms with van der Waals surface area (Å²) in [6.45, 7) is 21.3. The molecule has 0 spiro atoms. The van der Waals surface area contributed by atoms with Crippen LogP contribution in [0.25, 0.3) is 0 Å². The standard InChI is InChI=1S/C33H58N6S/c1-31(2,3)26-12-9-11-24(35-26)25-17-15-22-19-33(7,8)39(21-22)30-23(16-18-27(37-30)32(4,5)6)20-34-40-29-14-10-13-28(36-25)38-29/h9,11-12,22-23,25,27-30,34,36-38H,10,13-21H2,1-8H3/t22-,23?,25?,27?,28?,29?,30?/m0/s1. The third-order valence-corrected chi connectivity index (χ3v) is 11.1. The van der Waals surface area contributed by atoms with Gasteiger partial charge in [-0.25, -0.2) is 0 Å². The fraction of sp³-hybridized carbons (Fsp3) is 0.848. The molecule has 0 aliphatic carbocycles. The van der Waals surface area contributed by atoms with Crippen LogP contribution in [0.2, 0.25) is 0 Å². The van der Waals surface area contributed by atoms with Crippen LogP contribution in [0.15, 0.2) is 18.2 Å². The summed E-state index contributed by atoms with van der Waals surface area (Å²) in [7, 11) is 0. The number of nitrogens with zero attached hydrogens (tertiary/aromatic N) is 2. The molecule has 4 aliphatic heterocycles. The van der Waals surface area contributed by atoms with E-state index in [9.17, 15) is 0 Å². The average molecular weight is 571 g/mol. The first-order chi connectivity index (χ1) is 18.8. The van der Waals surface area contributed by atoms with Gasteiger partial charge in [0, 0.05) is 41.7 Å². The Morgan fingerprint density at radius 2 is 1.73 bits per heavy atom. The van der Waals surface area contributed by atoms with Crippen molar-refractivity contribution in [2.24, 2.45) is 17.3 Å². The van der Waals surface area contributed by atoms with Crippen molar-refractivity contribution < 1.29 is 0 Å². The minimum atomic E-state index is 0.0523. The van der Waals surface area contributed by atoms with E-state index in [4.69, 9.17) is 4.98 Å². The summed E-state index contributed by atoms with van der Waals surface area (Å²) in [6, 6.07) is 7.51. The number of rotatable bonds is 1. The molecule has 4 N–H and O–H groups in total. The van der Waals surface area contributed by atoms with Crippen molar-refractivity contribution in [2.45, 2.75) is 147 Å². The predicted molar refractivity (Wildman–Crippen MR) is 170 cm³/mol. The molecule has 4 aliphatic rings. The number of hydrogen-bond donors (Lipinski definition) is 4. The lowest BCUT2D eigenvalue weighted by atomic mass is 9.78. The molecule has 1 aromatic rings. The predicted octanol–water partition coefficient (Wildman–Crippen LogP) is 6.31. The topological polar surface area (TPSA) is 64.2 Å². The molecule has 4 bridgehead atoms. The van der Waals surface area contributed by atoms with E-state index in [-0.39, 0.29) is 22.4 Å². The van der Waals surface area contributed by atoms with Crippen LogP contribution in [0.3, 0.4) is 0 Å². The summed E-state index contributed by atoms with van der Waals surface area (Å²) in [5.41, 5.74) is 2.93. The molecule has 0 radical (unpaired) electrons. The fourth-order valence-electron chi connectivity index (χ4n) is 7.71. The fourth-order valence-corrected chi connectivity index (χ4v) is 8.73. The summed E-state index contributed by atoms with van der Waals surface area (Å²) in [5.74, 6) is 1.34. The third kappa shape index (κ3) is 7.26. The third-order valence-electron chi connectivity index (χ3n) is 10.1. The van der Waals surface area contributed by atoms with Crippen molar-refractivity contribution in [3.8, 4) is 0 Å². The maximum absolute atomic E-state index is 5.24. The van der Waals surface area contributed by atoms with Crippen molar-refractivity contribution in [1.82, 2.24) is 30.6 Å². The second-order valence-electron chi connectivity index (χ2n) is 16.0. The van der Waals surface area contributed by atoms with Crippen molar-refractivity contribution in [3.05, 3.63) is 29.6 Å². The van der Waals surface area contributed by atoms with Crippen molar-refractivity contribution in [2.75, 3.05) is 13.1 Å². The van der Waals surface area contributed by atoms with Crippen LogP contribution in [-0.4, -0.2) is 52.3 Å². The first-order valence-electron chi connectivity index (χ1n) is 16.2. The number of nitrogens with one attached hydrogen (secondary N) is 4. The van der Waals surface area contributed by atoms with Gasteiger partial charge in [0.05, 0.1) is 29.4 Å². The molecule has 7 heteroatoms. The Morgan fingerprint density at radius 3 is 2.48 bits per heavy atom. The van der Waals surface area contributed by atoms with Crippen LogP contribution in [0.5, 0.6) is 0 Å². The zero-order chi connectivity index (χ0) is 28.7. The quantitative estimate of drug-likeness (QED) is 0.295. The molecular weight excluding hydrogens is 512 g/mol. The molecule has 8 atom stereocenters. The number of pyridine rings is 1. The molecule has 226 valence electrons. The highest BCUT2D eigenvalue weighted by molar-refractivity contribution is 7.98. The van der Waals surface area contributed by atoms with E-state index >= 15 is 0 Å². The van der Waals surface area contributed by atoms with Crippen LogP contribution >= 0.6 is 11.9 Å². The van der Waals surface area contributed by atoms with Gasteiger partial charge in [-0.15, -0.1) is 0 Å². The maximum Gasteiger partial charge on any atom is 0.0690 e. The number of piperidine rings is 2. The SMILES string of the molecule is CC(C)(C)c1cccc(C2CC[C@@H]3CN(C4NC(C(C)(C)C)CCC4CNSC4CCCC(N4)N2)C(C)(C)C3)n1. The minimum absolute atomic E-state index is 0.0523. The van der Waals surface area contributed by atoms with Gasteiger partial charge in [0.25, 0.3) is 0 Å². The lowest BCUT2D eigenvalue weighted by Crippen LogP contribution is -2.63. The molecule has 40 heavy (non-hydrogen) atoms. The number of fused-ring (bicyclic) bond motifs is 6. The van der Waals surface area contributed by atoms with Gasteiger partial charge in [0.15, 0.2) is 0 Å². The summed E-state index contributed by atoms with van der Waals surface area (Å²) < 4.78 is 3.86. The first kappa shape index (κ1) is 30.7. The summed E-state index contributed by atoms with van der Waals surface area (Å²) in [5, 5.41) is 12.7. The van der Waals surface area contributed by atoms with E-state index in [1.165, 1.54) is 62.9 Å². The van der Waals surface area contributed by atoms with Crippen LogP contribution in [-0.2, 0) is 5.41 Å². The smallest absolute Gasteiger partial charge is 0.0690 e. The molecule has 0 saturated carbocycles. The molecule has 5 heterocycles. The van der Waals surface area contributed by atoms with Crippen molar-refractivity contribution in [1.29, 1.82) is 0 Å². The van der Waals surface area contributed by atoms with Gasteiger partial charge in [-0.1, -0.05) is 59.6 Å². The summed E-state index contributed by atoms with van der Waals surface area (Å²) >= 11 is 1.93. The van der Waals surface area contributed by atoms with Crippen LogP contribution in [0.1, 0.15) is 124 Å². The number of hydrogen-bond acceptors (Lipinski definition) is 7. The Balaban J connectivity index is 1.41. The Morgan fingerprint density at radius 1 is 0.925 bits per heavy atom. The van der Waals surface area contributed by atoms with Gasteiger partial charge in [-0.05, 0) is 88.7 Å². The normalized spacial score (nSPS) is 37.7. The van der Waals surface area contributed by atoms with Crippen molar-refractivity contribution >= 4 is 11.9 Å². The van der Waals surface area contributed by atoms with E-state index in [2.05, 4.69) is 99.2 Å². The second-order valence-corrected chi connectivity index (χ2v) is 17.1. The Hall–Kier alpha value is -0.700. The zero-order valence-corrected chi connectivity index (χ0v) is 27.5. The van der Waals surface area contributed by atoms with E-state index in [1.807, 2.05) is 11.9 Å². The maximum atomic E-state index is 5.24. The summed E-state index contributed by atoms with van der Waals surface area (Å²) in [6.07, 6.45) is 10.6. The zero-order valence-electron chi connectivity index (χ0n) is 26.6. The highest BCUT2D eigenvalue weighted by atomic mass is 32.2. The molecule has 4 fully saturated rings. The van der Waals surface area contributed by atoms with E-state index in [0.29, 0.717) is 35.6 Å². The molecule has 7 unspecified atom stereocenters. The lowest BCUT2D eigenvalue weighted by Gasteiger charge is -2.50. The van der Waals surface area contributed by atoms with Gasteiger partial charge in [0.1, 0.15) is 0 Å². The van der Waals surface area contributed by atoms with E-state index in [1.54, 1.807) is 0 Å². The van der Waals surface area contributed by atoms with Gasteiger partial charge in [0.2, 0.25) is 0 Å². The van der Waals surface area contributed by atoms with E-state index < -0.39 is 0 Å². The highest BCUT2D eigenvalue weighted by Gasteiger charge is 2.47. The van der Waals surface area contributed by atoms with E-state index in [0.717, 1.165) is 13.0 Å². The Labute approximate surface area is 249 Å². The van der Waals surface area contributed by atoms with Crippen LogP contribution in [0, 0.1) is 17.3 Å². The highest BCUT2D eigenvalue weighted by Crippen LogP contribution is 2.42. The van der Waals surface area contributed by atoms with Crippen molar-refractivity contribution in [3.63, 3.8) is 0 Å². The number of aromatic nitrogens is 1. The first-order valence-corrected chi connectivity index (χ1v) is 17.1. The molecule has 6 nitrogen and oxygen atoms in total. The van der Waals surface area contributed by atoms with Gasteiger partial charge < -0.3 is 0 Å². The molecule has 0 amide bonds. The second kappa shape index (κ2) is 12.1. The van der Waals surface area contributed by atoms with Gasteiger partial charge >= 0.3 is 0 Å². The monoisotopic (exact) mass is 570 g/mol. The Kier molecular flexibility index (Phi) is 9.32. The average Bonchev–Trinajstić information content (AvgIpc) is 3.19. The Bertz CT molecular complexity index is 984. The molecule has 1 aromatic heterocycles. The minimum Gasteiger partial charge on any atom is -0.298 e. The summed E-state index contributed by atoms with van der Waals surface area (Å²) in [4.78, 5) is 8.10. The van der Waals surface area contributed by atoms with Gasteiger partial charge in [-0.2, -0.15) is 0 Å². The molecular formula is C33H58N6S. The molecule has 5 rings (SSSR count). The largest absolute Gasteiger partial charge is 0.298 e.